The Labute approximate surface area is 117 Å². The molecule has 1 rings (SSSR count). The first-order chi connectivity index (χ1) is 9.38. The summed E-state index contributed by atoms with van der Waals surface area (Å²) < 4.78 is 29.1. The molecule has 0 radical (unpaired) electrons. The predicted octanol–water partition coefficient (Wildman–Crippen LogP) is 0.686. The summed E-state index contributed by atoms with van der Waals surface area (Å²) >= 11 is 0. The van der Waals surface area contributed by atoms with E-state index in [0.29, 0.717) is 32.3 Å². The normalized spacial score (nSPS) is 28.4. The van der Waals surface area contributed by atoms with Gasteiger partial charge in [0.05, 0.1) is 18.1 Å². The number of nitrogens with one attached hydrogen (secondary N) is 1. The first-order valence-corrected chi connectivity index (χ1v) is 6.94. The second-order valence-electron chi connectivity index (χ2n) is 5.28. The SMILES string of the molecule is CCOC(=O)C1CCC(O)(CNCC(O)C(F)F)CC1. The second-order valence-corrected chi connectivity index (χ2v) is 5.28. The Bertz CT molecular complexity index is 307. The summed E-state index contributed by atoms with van der Waals surface area (Å²) in [5.74, 6) is -0.433. The van der Waals surface area contributed by atoms with Gasteiger partial charge < -0.3 is 20.3 Å². The highest BCUT2D eigenvalue weighted by Gasteiger charge is 2.36. The summed E-state index contributed by atoms with van der Waals surface area (Å²) in [6, 6.07) is 0. The van der Waals surface area contributed by atoms with E-state index >= 15 is 0 Å². The highest BCUT2D eigenvalue weighted by molar-refractivity contribution is 5.72. The number of halogens is 2. The van der Waals surface area contributed by atoms with Crippen molar-refractivity contribution in [2.24, 2.45) is 5.92 Å². The van der Waals surface area contributed by atoms with Crippen molar-refractivity contribution in [1.82, 2.24) is 5.32 Å². The lowest BCUT2D eigenvalue weighted by molar-refractivity contribution is -0.151. The monoisotopic (exact) mass is 295 g/mol. The molecule has 20 heavy (non-hydrogen) atoms. The Morgan fingerprint density at radius 3 is 2.55 bits per heavy atom. The van der Waals surface area contributed by atoms with E-state index < -0.39 is 18.1 Å². The molecule has 0 aliphatic heterocycles. The average molecular weight is 295 g/mol. The van der Waals surface area contributed by atoms with Gasteiger partial charge in [0.1, 0.15) is 6.10 Å². The number of ether oxygens (including phenoxy) is 1. The summed E-state index contributed by atoms with van der Waals surface area (Å²) in [5, 5.41) is 21.9. The Morgan fingerprint density at radius 2 is 2.05 bits per heavy atom. The number of hydrogen-bond acceptors (Lipinski definition) is 5. The quantitative estimate of drug-likeness (QED) is 0.602. The predicted molar refractivity (Wildman–Crippen MR) is 68.4 cm³/mol. The number of aliphatic hydroxyl groups is 2. The molecule has 3 N–H and O–H groups in total. The second kappa shape index (κ2) is 7.85. The van der Waals surface area contributed by atoms with Crippen LogP contribution in [0.15, 0.2) is 0 Å². The van der Waals surface area contributed by atoms with E-state index in [0.717, 1.165) is 0 Å². The van der Waals surface area contributed by atoms with Crippen LogP contribution in [0.4, 0.5) is 8.78 Å². The number of hydrogen-bond donors (Lipinski definition) is 3. The van der Waals surface area contributed by atoms with Crippen molar-refractivity contribution >= 4 is 5.97 Å². The van der Waals surface area contributed by atoms with Crippen molar-refractivity contribution in [3.8, 4) is 0 Å². The van der Waals surface area contributed by atoms with Gasteiger partial charge in [-0.1, -0.05) is 0 Å². The average Bonchev–Trinajstić information content (AvgIpc) is 2.39. The molecule has 0 aromatic heterocycles. The van der Waals surface area contributed by atoms with Crippen molar-refractivity contribution < 1.29 is 28.5 Å². The fraction of sp³-hybridized carbons (Fsp3) is 0.923. The van der Waals surface area contributed by atoms with Gasteiger partial charge in [-0.25, -0.2) is 8.78 Å². The van der Waals surface area contributed by atoms with Crippen molar-refractivity contribution in [2.75, 3.05) is 19.7 Å². The minimum absolute atomic E-state index is 0.131. The van der Waals surface area contributed by atoms with Crippen LogP contribution < -0.4 is 5.32 Å². The number of esters is 1. The van der Waals surface area contributed by atoms with Gasteiger partial charge in [0.25, 0.3) is 6.43 Å². The Balaban J connectivity index is 2.29. The molecular formula is C13H23F2NO4. The molecular weight excluding hydrogens is 272 g/mol. The molecule has 118 valence electrons. The molecule has 0 bridgehead atoms. The summed E-state index contributed by atoms with van der Waals surface area (Å²) in [5.41, 5.74) is -1.01. The zero-order chi connectivity index (χ0) is 15.2. The highest BCUT2D eigenvalue weighted by Crippen LogP contribution is 2.32. The van der Waals surface area contributed by atoms with E-state index in [4.69, 9.17) is 9.84 Å². The molecule has 0 saturated heterocycles. The molecule has 1 aliphatic rings. The third-order valence-corrected chi connectivity index (χ3v) is 3.63. The maximum atomic E-state index is 12.1. The van der Waals surface area contributed by atoms with E-state index in [9.17, 15) is 18.7 Å². The smallest absolute Gasteiger partial charge is 0.308 e. The van der Waals surface area contributed by atoms with Crippen molar-refractivity contribution in [2.45, 2.75) is 50.7 Å². The molecule has 1 aliphatic carbocycles. The molecule has 0 amide bonds. The lowest BCUT2D eigenvalue weighted by Crippen LogP contribution is -2.46. The number of rotatable bonds is 7. The Kier molecular flexibility index (Phi) is 6.78. The molecule has 0 aromatic rings. The van der Waals surface area contributed by atoms with Gasteiger partial charge in [-0.05, 0) is 32.6 Å². The molecule has 0 heterocycles. The zero-order valence-electron chi connectivity index (χ0n) is 11.6. The van der Waals surface area contributed by atoms with E-state index in [1.807, 2.05) is 0 Å². The number of aliphatic hydroxyl groups excluding tert-OH is 1. The van der Waals surface area contributed by atoms with Gasteiger partial charge in [0.2, 0.25) is 0 Å². The summed E-state index contributed by atoms with van der Waals surface area (Å²) in [4.78, 5) is 11.6. The van der Waals surface area contributed by atoms with Crippen LogP contribution in [-0.4, -0.2) is 54.0 Å². The van der Waals surface area contributed by atoms with Crippen LogP contribution in [0.25, 0.3) is 0 Å². The van der Waals surface area contributed by atoms with E-state index in [2.05, 4.69) is 5.32 Å². The number of carbonyl (C=O) groups excluding carboxylic acids is 1. The van der Waals surface area contributed by atoms with E-state index in [1.54, 1.807) is 6.92 Å². The summed E-state index contributed by atoms with van der Waals surface area (Å²) in [7, 11) is 0. The summed E-state index contributed by atoms with van der Waals surface area (Å²) in [6.45, 7) is 1.95. The molecule has 1 saturated carbocycles. The lowest BCUT2D eigenvalue weighted by Gasteiger charge is -2.35. The Hall–Kier alpha value is -0.790. The molecule has 7 heteroatoms. The van der Waals surface area contributed by atoms with Crippen LogP contribution in [0, 0.1) is 5.92 Å². The topological polar surface area (TPSA) is 78.8 Å². The van der Waals surface area contributed by atoms with Crippen molar-refractivity contribution in [3.05, 3.63) is 0 Å². The Morgan fingerprint density at radius 1 is 1.45 bits per heavy atom. The lowest BCUT2D eigenvalue weighted by atomic mass is 9.79. The third kappa shape index (κ3) is 5.30. The number of carbonyl (C=O) groups is 1. The molecule has 0 spiro atoms. The van der Waals surface area contributed by atoms with Crippen LogP contribution in [0.1, 0.15) is 32.6 Å². The molecule has 5 nitrogen and oxygen atoms in total. The van der Waals surface area contributed by atoms with Crippen LogP contribution in [0.2, 0.25) is 0 Å². The van der Waals surface area contributed by atoms with Gasteiger partial charge in [-0.15, -0.1) is 0 Å². The van der Waals surface area contributed by atoms with Gasteiger partial charge in [0.15, 0.2) is 0 Å². The first-order valence-electron chi connectivity index (χ1n) is 6.94. The van der Waals surface area contributed by atoms with E-state index in [1.165, 1.54) is 0 Å². The minimum atomic E-state index is -2.79. The van der Waals surface area contributed by atoms with Gasteiger partial charge >= 0.3 is 5.97 Å². The third-order valence-electron chi connectivity index (χ3n) is 3.63. The van der Waals surface area contributed by atoms with Crippen molar-refractivity contribution in [1.29, 1.82) is 0 Å². The highest BCUT2D eigenvalue weighted by atomic mass is 19.3. The van der Waals surface area contributed by atoms with Crippen LogP contribution in [0.5, 0.6) is 0 Å². The maximum Gasteiger partial charge on any atom is 0.308 e. The van der Waals surface area contributed by atoms with Crippen LogP contribution in [0.3, 0.4) is 0 Å². The molecule has 1 atom stereocenters. The summed E-state index contributed by atoms with van der Waals surface area (Å²) in [6.07, 6.45) is -2.66. The fourth-order valence-corrected chi connectivity index (χ4v) is 2.37. The minimum Gasteiger partial charge on any atom is -0.466 e. The molecule has 0 aromatic carbocycles. The van der Waals surface area contributed by atoms with Gasteiger partial charge in [-0.2, -0.15) is 0 Å². The largest absolute Gasteiger partial charge is 0.466 e. The van der Waals surface area contributed by atoms with Crippen LogP contribution >= 0.6 is 0 Å². The maximum absolute atomic E-state index is 12.1. The van der Waals surface area contributed by atoms with Gasteiger partial charge in [0, 0.05) is 13.1 Å². The number of alkyl halides is 2. The standard InChI is InChI=1S/C13H23F2NO4/c1-2-20-12(18)9-3-5-13(19,6-4-9)8-16-7-10(17)11(14)15/h9-11,16-17,19H,2-8H2,1H3. The fourth-order valence-electron chi connectivity index (χ4n) is 2.37. The van der Waals surface area contributed by atoms with Gasteiger partial charge in [-0.3, -0.25) is 4.79 Å². The van der Waals surface area contributed by atoms with Crippen molar-refractivity contribution in [3.63, 3.8) is 0 Å². The molecule has 1 unspecified atom stereocenters. The van der Waals surface area contributed by atoms with Crippen LogP contribution in [-0.2, 0) is 9.53 Å². The zero-order valence-corrected chi connectivity index (χ0v) is 11.6. The first kappa shape index (κ1) is 17.3. The molecule has 1 fully saturated rings. The van der Waals surface area contributed by atoms with E-state index in [-0.39, 0.29) is 25.0 Å².